The molecule has 104 valence electrons. The normalized spacial score (nSPS) is 18.0. The van der Waals surface area contributed by atoms with Crippen LogP contribution in [0, 0.1) is 11.2 Å². The number of carbonyl (C=O) groups excluding carboxylic acids is 1. The number of benzene rings is 1. The topological polar surface area (TPSA) is 61.4 Å². The van der Waals surface area contributed by atoms with Crippen LogP contribution in [-0.2, 0) is 4.79 Å². The number of nitrogens with one attached hydrogen (secondary N) is 2. The number of piperidine rings is 1. The Labute approximate surface area is 112 Å². The van der Waals surface area contributed by atoms with Crippen LogP contribution in [-0.4, -0.2) is 24.1 Å². The number of rotatable bonds is 3. The van der Waals surface area contributed by atoms with Gasteiger partial charge >= 0.3 is 0 Å². The van der Waals surface area contributed by atoms with E-state index in [2.05, 4.69) is 10.6 Å². The van der Waals surface area contributed by atoms with Gasteiger partial charge in [-0.1, -0.05) is 6.92 Å². The fraction of sp³-hybridized carbons (Fsp3) is 0.500. The van der Waals surface area contributed by atoms with Gasteiger partial charge in [0.2, 0.25) is 5.91 Å². The van der Waals surface area contributed by atoms with Gasteiger partial charge in [0, 0.05) is 11.8 Å². The fourth-order valence-corrected chi connectivity index (χ4v) is 2.49. The summed E-state index contributed by atoms with van der Waals surface area (Å²) in [7, 11) is 0. The minimum atomic E-state index is -0.728. The lowest BCUT2D eigenvalue weighted by atomic mass is 9.76. The molecule has 0 unspecified atom stereocenters. The van der Waals surface area contributed by atoms with Crippen LogP contribution in [0.1, 0.15) is 26.2 Å². The quantitative estimate of drug-likeness (QED) is 0.735. The highest BCUT2D eigenvalue weighted by atomic mass is 19.1. The Kier molecular flexibility index (Phi) is 4.04. The molecule has 1 aliphatic rings. The van der Waals surface area contributed by atoms with Gasteiger partial charge in [-0.25, -0.2) is 4.39 Å². The highest BCUT2D eigenvalue weighted by Gasteiger charge is 2.37. The van der Waals surface area contributed by atoms with Gasteiger partial charge < -0.3 is 15.7 Å². The molecule has 0 bridgehead atoms. The molecule has 1 amide bonds. The van der Waals surface area contributed by atoms with E-state index in [1.807, 2.05) is 6.92 Å². The lowest BCUT2D eigenvalue weighted by molar-refractivity contribution is -0.127. The first-order valence-electron chi connectivity index (χ1n) is 6.58. The lowest BCUT2D eigenvalue weighted by Crippen LogP contribution is -2.44. The van der Waals surface area contributed by atoms with Crippen LogP contribution in [0.2, 0.25) is 0 Å². The first kappa shape index (κ1) is 13.8. The highest BCUT2D eigenvalue weighted by molar-refractivity contribution is 5.95. The van der Waals surface area contributed by atoms with E-state index in [1.54, 1.807) is 0 Å². The van der Waals surface area contributed by atoms with Gasteiger partial charge in [0.15, 0.2) is 11.6 Å². The van der Waals surface area contributed by atoms with Crippen molar-refractivity contribution in [3.63, 3.8) is 0 Å². The minimum absolute atomic E-state index is 0.0680. The Morgan fingerprint density at radius 3 is 2.74 bits per heavy atom. The number of aromatic hydroxyl groups is 1. The number of phenols is 1. The van der Waals surface area contributed by atoms with Gasteiger partial charge in [-0.05, 0) is 44.5 Å². The van der Waals surface area contributed by atoms with Crippen LogP contribution >= 0.6 is 0 Å². The maximum absolute atomic E-state index is 13.2. The summed E-state index contributed by atoms with van der Waals surface area (Å²) in [5, 5.41) is 15.1. The maximum atomic E-state index is 13.2. The van der Waals surface area contributed by atoms with E-state index in [4.69, 9.17) is 5.11 Å². The molecule has 1 aromatic rings. The number of carbonyl (C=O) groups is 1. The first-order chi connectivity index (χ1) is 9.07. The third kappa shape index (κ3) is 2.87. The molecule has 0 radical (unpaired) electrons. The second-order valence-electron chi connectivity index (χ2n) is 5.00. The predicted octanol–water partition coefficient (Wildman–Crippen LogP) is 2.25. The van der Waals surface area contributed by atoms with Crippen molar-refractivity contribution in [2.24, 2.45) is 5.41 Å². The average molecular weight is 266 g/mol. The van der Waals surface area contributed by atoms with Gasteiger partial charge in [-0.2, -0.15) is 0 Å². The molecule has 2 rings (SSSR count). The predicted molar refractivity (Wildman–Crippen MR) is 71.5 cm³/mol. The van der Waals surface area contributed by atoms with Gasteiger partial charge in [0.25, 0.3) is 0 Å². The standard InChI is InChI=1S/C14H19FN2O2/c1-2-14(5-7-16-8-6-14)13(19)17-10-3-4-12(18)11(15)9-10/h3-4,9,16,18H,2,5-8H2,1H3,(H,17,19). The van der Waals surface area contributed by atoms with Crippen molar-refractivity contribution >= 4 is 11.6 Å². The summed E-state index contributed by atoms with van der Waals surface area (Å²) < 4.78 is 13.2. The molecule has 1 heterocycles. The Balaban J connectivity index is 2.12. The third-order valence-electron chi connectivity index (χ3n) is 3.92. The lowest BCUT2D eigenvalue weighted by Gasteiger charge is -2.35. The van der Waals surface area contributed by atoms with Crippen molar-refractivity contribution in [3.8, 4) is 5.75 Å². The molecule has 19 heavy (non-hydrogen) atoms. The summed E-state index contributed by atoms with van der Waals surface area (Å²) in [6.45, 7) is 3.65. The number of hydrogen-bond acceptors (Lipinski definition) is 3. The van der Waals surface area contributed by atoms with Crippen molar-refractivity contribution in [2.75, 3.05) is 18.4 Å². The van der Waals surface area contributed by atoms with Crippen LogP contribution in [0.3, 0.4) is 0 Å². The van der Waals surface area contributed by atoms with Crippen molar-refractivity contribution in [1.29, 1.82) is 0 Å². The zero-order valence-electron chi connectivity index (χ0n) is 11.0. The second-order valence-corrected chi connectivity index (χ2v) is 5.00. The minimum Gasteiger partial charge on any atom is -0.505 e. The summed E-state index contributed by atoms with van der Waals surface area (Å²) in [6.07, 6.45) is 2.34. The van der Waals surface area contributed by atoms with E-state index >= 15 is 0 Å². The van der Waals surface area contributed by atoms with Crippen LogP contribution in [0.25, 0.3) is 0 Å². The van der Waals surface area contributed by atoms with Gasteiger partial charge in [0.1, 0.15) is 0 Å². The zero-order valence-corrected chi connectivity index (χ0v) is 11.0. The molecule has 0 aromatic heterocycles. The fourth-order valence-electron chi connectivity index (χ4n) is 2.49. The van der Waals surface area contributed by atoms with E-state index in [9.17, 15) is 9.18 Å². The molecule has 3 N–H and O–H groups in total. The number of hydrogen-bond donors (Lipinski definition) is 3. The number of anilines is 1. The Hall–Kier alpha value is -1.62. The van der Waals surface area contributed by atoms with Gasteiger partial charge in [-0.15, -0.1) is 0 Å². The summed E-state index contributed by atoms with van der Waals surface area (Å²) >= 11 is 0. The third-order valence-corrected chi connectivity index (χ3v) is 3.92. The van der Waals surface area contributed by atoms with Crippen molar-refractivity contribution in [1.82, 2.24) is 5.32 Å². The monoisotopic (exact) mass is 266 g/mol. The average Bonchev–Trinajstić information content (AvgIpc) is 2.43. The SMILES string of the molecule is CCC1(C(=O)Nc2ccc(O)c(F)c2)CCNCC1. The molecule has 1 fully saturated rings. The highest BCUT2D eigenvalue weighted by Crippen LogP contribution is 2.34. The summed E-state index contributed by atoms with van der Waals surface area (Å²) in [5.74, 6) is -1.21. The van der Waals surface area contributed by atoms with Crippen molar-refractivity contribution in [3.05, 3.63) is 24.0 Å². The van der Waals surface area contributed by atoms with Gasteiger partial charge in [-0.3, -0.25) is 4.79 Å². The van der Waals surface area contributed by atoms with E-state index < -0.39 is 11.6 Å². The Morgan fingerprint density at radius 2 is 2.16 bits per heavy atom. The molecule has 5 heteroatoms. The molecule has 0 spiro atoms. The number of halogens is 1. The van der Waals surface area contributed by atoms with Crippen molar-refractivity contribution < 1.29 is 14.3 Å². The molecular weight excluding hydrogens is 247 g/mol. The van der Waals surface area contributed by atoms with Crippen LogP contribution in [0.4, 0.5) is 10.1 Å². The van der Waals surface area contributed by atoms with E-state index in [1.165, 1.54) is 12.1 Å². The maximum Gasteiger partial charge on any atom is 0.230 e. The number of amides is 1. The molecule has 4 nitrogen and oxygen atoms in total. The van der Waals surface area contributed by atoms with E-state index in [-0.39, 0.29) is 11.3 Å². The molecule has 0 saturated carbocycles. The number of phenolic OH excluding ortho intramolecular Hbond substituents is 1. The van der Waals surface area contributed by atoms with Crippen LogP contribution in [0.15, 0.2) is 18.2 Å². The summed E-state index contributed by atoms with van der Waals surface area (Å²) in [6, 6.07) is 3.88. The summed E-state index contributed by atoms with van der Waals surface area (Å²) in [5.41, 5.74) is 0.00578. The van der Waals surface area contributed by atoms with Crippen LogP contribution in [0.5, 0.6) is 5.75 Å². The smallest absolute Gasteiger partial charge is 0.230 e. The van der Waals surface area contributed by atoms with Gasteiger partial charge in [0.05, 0.1) is 5.41 Å². The molecule has 1 aliphatic heterocycles. The van der Waals surface area contributed by atoms with Crippen LogP contribution < -0.4 is 10.6 Å². The van der Waals surface area contributed by atoms with E-state index in [0.717, 1.165) is 38.4 Å². The molecule has 1 saturated heterocycles. The molecule has 0 atom stereocenters. The Bertz CT molecular complexity index is 471. The second kappa shape index (κ2) is 5.57. The largest absolute Gasteiger partial charge is 0.505 e. The molecule has 1 aromatic carbocycles. The van der Waals surface area contributed by atoms with E-state index in [0.29, 0.717) is 5.69 Å². The summed E-state index contributed by atoms with van der Waals surface area (Å²) in [4.78, 5) is 12.4. The first-order valence-corrected chi connectivity index (χ1v) is 6.58. The Morgan fingerprint density at radius 1 is 1.47 bits per heavy atom. The molecular formula is C14H19FN2O2. The van der Waals surface area contributed by atoms with Crippen molar-refractivity contribution in [2.45, 2.75) is 26.2 Å². The zero-order chi connectivity index (χ0) is 13.9. The molecule has 0 aliphatic carbocycles.